The van der Waals surface area contributed by atoms with Gasteiger partial charge in [0.2, 0.25) is 0 Å². The fourth-order valence-electron chi connectivity index (χ4n) is 6.06. The summed E-state index contributed by atoms with van der Waals surface area (Å²) in [6.45, 7) is 11.7. The molecule has 33 heavy (non-hydrogen) atoms. The number of hydrogen-bond acceptors (Lipinski definition) is 0. The Morgan fingerprint density at radius 2 is 1.09 bits per heavy atom. The van der Waals surface area contributed by atoms with Crippen molar-refractivity contribution in [3.63, 3.8) is 0 Å². The van der Waals surface area contributed by atoms with Crippen LogP contribution < -0.4 is 0 Å². The number of allylic oxidation sites excluding steroid dienone is 2. The fraction of sp³-hybridized carbons (Fsp3) is 0.484. The van der Waals surface area contributed by atoms with Crippen LogP contribution in [-0.2, 0) is 45.7 Å². The Bertz CT molecular complexity index is 1010. The molecule has 0 saturated carbocycles. The molecule has 0 radical (unpaired) electrons. The Kier molecular flexibility index (Phi) is 8.85. The van der Waals surface area contributed by atoms with Crippen molar-refractivity contribution in [1.29, 1.82) is 0 Å². The second-order valence-corrected chi connectivity index (χ2v) is 28.6. The normalized spacial score (nSPS) is 18.0. The van der Waals surface area contributed by atoms with Crippen molar-refractivity contribution in [2.45, 2.75) is 93.0 Å². The molecule has 0 heterocycles. The molecule has 2 aromatic carbocycles. The fourth-order valence-corrected chi connectivity index (χ4v) is 31.7. The molecule has 0 amide bonds. The van der Waals surface area contributed by atoms with E-state index in [1.165, 1.54) is 38.1 Å². The van der Waals surface area contributed by atoms with Gasteiger partial charge < -0.3 is 0 Å². The van der Waals surface area contributed by atoms with E-state index in [0.29, 0.717) is 6.22 Å². The molecule has 2 heteroatoms. The molecular weight excluding hydrogens is 579 g/mol. The molecule has 0 nitrogen and oxygen atoms in total. The molecule has 0 saturated heterocycles. The zero-order valence-electron chi connectivity index (χ0n) is 21.5. The summed E-state index contributed by atoms with van der Waals surface area (Å²) >= 11 is -2.06. The molecule has 0 bridgehead atoms. The van der Waals surface area contributed by atoms with Crippen molar-refractivity contribution in [3.05, 3.63) is 80.9 Å². The number of benzene rings is 2. The Labute approximate surface area is 211 Å². The molecular formula is C31H42HfSi. The molecule has 2 aliphatic rings. The maximum atomic E-state index is 2.69. The summed E-state index contributed by atoms with van der Waals surface area (Å²) in [5.41, 5.74) is 13.2. The van der Waals surface area contributed by atoms with E-state index in [9.17, 15) is 0 Å². The molecule has 2 unspecified atom stereocenters. The van der Waals surface area contributed by atoms with Gasteiger partial charge in [0.1, 0.15) is 0 Å². The van der Waals surface area contributed by atoms with E-state index in [4.69, 9.17) is 0 Å². The van der Waals surface area contributed by atoms with Crippen LogP contribution in [0.1, 0.15) is 106 Å². The van der Waals surface area contributed by atoms with E-state index in [0.717, 1.165) is 20.2 Å². The third-order valence-corrected chi connectivity index (χ3v) is 31.8. The molecule has 2 aliphatic carbocycles. The molecule has 2 atom stereocenters. The quantitative estimate of drug-likeness (QED) is 0.185. The van der Waals surface area contributed by atoms with Crippen LogP contribution in [0.15, 0.2) is 36.4 Å². The zero-order chi connectivity index (χ0) is 23.4. The summed E-state index contributed by atoms with van der Waals surface area (Å²) < 4.78 is 1.58. The third-order valence-electron chi connectivity index (χ3n) is 7.90. The molecule has 0 N–H and O–H groups in total. The molecule has 0 aliphatic heterocycles. The van der Waals surface area contributed by atoms with Crippen molar-refractivity contribution in [2.75, 3.05) is 0 Å². The van der Waals surface area contributed by atoms with Gasteiger partial charge in [-0.2, -0.15) is 0 Å². The van der Waals surface area contributed by atoms with Crippen molar-refractivity contribution in [1.82, 2.24) is 0 Å². The monoisotopic (exact) mass is 622 g/mol. The van der Waals surface area contributed by atoms with Crippen molar-refractivity contribution < 1.29 is 20.1 Å². The van der Waals surface area contributed by atoms with Crippen LogP contribution in [-0.4, -0.2) is 6.22 Å². The summed E-state index contributed by atoms with van der Waals surface area (Å²) in [4.78, 5) is 0. The van der Waals surface area contributed by atoms with Gasteiger partial charge in [0, 0.05) is 0 Å². The standard InChI is InChI=1S/2C13H15.C5H12Si.Hf/c2*1-3-10-8-9-11(4-2)13-7-5-6-12(10)13;1-2-3-4-5-6;/h2*5-9H,3-4H2,1-2H3;6H,2-5H2,1H3;. The number of fused-ring (bicyclic) bond motifs is 2. The van der Waals surface area contributed by atoms with Gasteiger partial charge in [0.25, 0.3) is 0 Å². The van der Waals surface area contributed by atoms with Gasteiger partial charge in [-0.25, -0.2) is 0 Å². The van der Waals surface area contributed by atoms with Crippen molar-refractivity contribution in [2.24, 2.45) is 0 Å². The third kappa shape index (κ3) is 4.89. The number of rotatable bonds is 10. The minimum atomic E-state index is -2.06. The van der Waals surface area contributed by atoms with Crippen LogP contribution in [0.2, 0.25) is 6.04 Å². The summed E-state index contributed by atoms with van der Waals surface area (Å²) in [5.74, 6) is 0. The summed E-state index contributed by atoms with van der Waals surface area (Å²) in [6.07, 6.45) is 19.9. The van der Waals surface area contributed by atoms with Gasteiger partial charge in [0.15, 0.2) is 0 Å². The summed E-state index contributed by atoms with van der Waals surface area (Å²) in [7, 11) is 0. The van der Waals surface area contributed by atoms with Gasteiger partial charge >= 0.3 is 212 Å². The van der Waals surface area contributed by atoms with Crippen LogP contribution >= 0.6 is 0 Å². The first kappa shape index (κ1) is 25.1. The first-order chi connectivity index (χ1) is 16.2. The Morgan fingerprint density at radius 1 is 0.636 bits per heavy atom. The van der Waals surface area contributed by atoms with E-state index >= 15 is 0 Å². The van der Waals surface area contributed by atoms with Gasteiger partial charge in [0.05, 0.1) is 0 Å². The summed E-state index contributed by atoms with van der Waals surface area (Å²) in [5, 5.41) is 0. The van der Waals surface area contributed by atoms with E-state index in [1.807, 2.05) is 0 Å². The molecule has 0 spiro atoms. The number of aryl methyl sites for hydroxylation is 4. The maximum absolute atomic E-state index is 2.69. The minimum absolute atomic E-state index is 0.610. The van der Waals surface area contributed by atoms with Crippen LogP contribution in [0.5, 0.6) is 0 Å². The first-order valence-corrected chi connectivity index (χ1v) is 25.3. The van der Waals surface area contributed by atoms with Crippen molar-refractivity contribution >= 4 is 18.4 Å². The SMILES string of the molecule is CCCCC[SiH]=[Hf]([CH]1C=Cc2c(CC)ccc(CC)c21)[CH]1C=Cc2c(CC)ccc(CC)c21. The van der Waals surface area contributed by atoms with Crippen LogP contribution in [0.25, 0.3) is 12.2 Å². The Hall–Kier alpha value is -0.993. The van der Waals surface area contributed by atoms with Gasteiger partial charge in [-0.3, -0.25) is 0 Å². The Morgan fingerprint density at radius 3 is 1.52 bits per heavy atom. The van der Waals surface area contributed by atoms with E-state index in [1.54, 1.807) is 44.5 Å². The predicted molar refractivity (Wildman–Crippen MR) is 145 cm³/mol. The van der Waals surface area contributed by atoms with E-state index in [-0.39, 0.29) is 0 Å². The molecule has 174 valence electrons. The second kappa shape index (κ2) is 11.6. The first-order valence-electron chi connectivity index (χ1n) is 13.5. The van der Waals surface area contributed by atoms with Gasteiger partial charge in [-0.1, -0.05) is 0 Å². The van der Waals surface area contributed by atoms with Gasteiger partial charge in [-0.05, 0) is 0 Å². The summed E-state index contributed by atoms with van der Waals surface area (Å²) in [6, 6.07) is 11.3. The van der Waals surface area contributed by atoms with Crippen molar-refractivity contribution in [3.8, 4) is 0 Å². The zero-order valence-corrected chi connectivity index (χ0v) is 26.3. The molecule has 2 aromatic rings. The molecule has 0 aromatic heterocycles. The molecule has 0 fully saturated rings. The van der Waals surface area contributed by atoms with E-state index < -0.39 is 20.1 Å². The average molecular weight is 621 g/mol. The average Bonchev–Trinajstić information content (AvgIpc) is 3.49. The van der Waals surface area contributed by atoms with Gasteiger partial charge in [-0.15, -0.1) is 0 Å². The van der Waals surface area contributed by atoms with Crippen LogP contribution in [0.4, 0.5) is 0 Å². The second-order valence-electron chi connectivity index (χ2n) is 9.71. The topological polar surface area (TPSA) is 0 Å². The number of unbranched alkanes of at least 4 members (excludes halogenated alkanes) is 2. The Balaban J connectivity index is 1.84. The predicted octanol–water partition coefficient (Wildman–Crippen LogP) is 8.35. The van der Waals surface area contributed by atoms with Crippen LogP contribution in [0.3, 0.4) is 0 Å². The molecule has 4 rings (SSSR count). The van der Waals surface area contributed by atoms with Crippen LogP contribution in [0, 0.1) is 0 Å². The van der Waals surface area contributed by atoms with E-state index in [2.05, 4.69) is 83.2 Å². The number of hydrogen-bond donors (Lipinski definition) is 0.